The summed E-state index contributed by atoms with van der Waals surface area (Å²) in [5, 5.41) is 6.75. The lowest BCUT2D eigenvalue weighted by molar-refractivity contribution is 1.18. The van der Waals surface area contributed by atoms with Gasteiger partial charge in [0.15, 0.2) is 5.82 Å². The molecule has 0 fully saturated rings. The SMILES string of the molecule is CNc1cncc(Nc2ccc(Cl)c(Br)c2)n1. The number of benzene rings is 1. The number of aromatic nitrogens is 2. The molecule has 1 aromatic heterocycles. The van der Waals surface area contributed by atoms with E-state index in [9.17, 15) is 0 Å². The summed E-state index contributed by atoms with van der Waals surface area (Å²) in [6, 6.07) is 5.57. The van der Waals surface area contributed by atoms with E-state index in [0.717, 1.165) is 10.2 Å². The molecular weight excluding hydrogens is 304 g/mol. The first-order valence-electron chi connectivity index (χ1n) is 4.91. The molecule has 1 heterocycles. The van der Waals surface area contributed by atoms with Gasteiger partial charge in [0.25, 0.3) is 0 Å². The number of hydrogen-bond acceptors (Lipinski definition) is 4. The maximum atomic E-state index is 5.92. The molecule has 0 atom stereocenters. The smallest absolute Gasteiger partial charge is 0.151 e. The van der Waals surface area contributed by atoms with Crippen molar-refractivity contribution in [1.82, 2.24) is 9.97 Å². The van der Waals surface area contributed by atoms with Gasteiger partial charge >= 0.3 is 0 Å². The molecule has 4 nitrogen and oxygen atoms in total. The topological polar surface area (TPSA) is 49.8 Å². The van der Waals surface area contributed by atoms with Gasteiger partial charge in [-0.3, -0.25) is 4.98 Å². The molecule has 6 heteroatoms. The van der Waals surface area contributed by atoms with Crippen LogP contribution in [0.1, 0.15) is 0 Å². The minimum absolute atomic E-state index is 0.672. The van der Waals surface area contributed by atoms with Crippen LogP contribution in [-0.4, -0.2) is 17.0 Å². The van der Waals surface area contributed by atoms with Gasteiger partial charge in [-0.25, -0.2) is 4.98 Å². The van der Waals surface area contributed by atoms with E-state index in [1.165, 1.54) is 0 Å². The molecule has 2 aromatic rings. The van der Waals surface area contributed by atoms with Crippen molar-refractivity contribution in [2.75, 3.05) is 17.7 Å². The quantitative estimate of drug-likeness (QED) is 0.907. The Labute approximate surface area is 113 Å². The molecule has 0 unspecified atom stereocenters. The average molecular weight is 314 g/mol. The van der Waals surface area contributed by atoms with Crippen LogP contribution in [0.4, 0.5) is 17.3 Å². The fourth-order valence-electron chi connectivity index (χ4n) is 1.27. The summed E-state index contributed by atoms with van der Waals surface area (Å²) in [6.45, 7) is 0. The second-order valence-corrected chi connectivity index (χ2v) is 4.55. The Hall–Kier alpha value is -1.33. The third-order valence-corrected chi connectivity index (χ3v) is 3.30. The highest BCUT2D eigenvalue weighted by atomic mass is 79.9. The highest BCUT2D eigenvalue weighted by Gasteiger charge is 2.01. The van der Waals surface area contributed by atoms with Gasteiger partial charge in [-0.15, -0.1) is 0 Å². The van der Waals surface area contributed by atoms with E-state index in [0.29, 0.717) is 16.7 Å². The van der Waals surface area contributed by atoms with Crippen molar-refractivity contribution in [2.45, 2.75) is 0 Å². The first kappa shape index (κ1) is 12.1. The molecule has 1 aromatic carbocycles. The van der Waals surface area contributed by atoms with Crippen molar-refractivity contribution in [3.63, 3.8) is 0 Å². The van der Waals surface area contributed by atoms with Gasteiger partial charge in [-0.1, -0.05) is 11.6 Å². The van der Waals surface area contributed by atoms with Gasteiger partial charge in [0.2, 0.25) is 0 Å². The van der Waals surface area contributed by atoms with Gasteiger partial charge < -0.3 is 10.6 Å². The summed E-state index contributed by atoms with van der Waals surface area (Å²) >= 11 is 9.29. The number of hydrogen-bond donors (Lipinski definition) is 2. The van der Waals surface area contributed by atoms with Gasteiger partial charge in [-0.2, -0.15) is 0 Å². The van der Waals surface area contributed by atoms with E-state index in [4.69, 9.17) is 11.6 Å². The minimum atomic E-state index is 0.672. The fourth-order valence-corrected chi connectivity index (χ4v) is 1.76. The molecule has 2 rings (SSSR count). The third-order valence-electron chi connectivity index (χ3n) is 2.08. The van der Waals surface area contributed by atoms with Crippen LogP contribution in [0.15, 0.2) is 35.1 Å². The molecule has 17 heavy (non-hydrogen) atoms. The second-order valence-electron chi connectivity index (χ2n) is 3.29. The maximum Gasteiger partial charge on any atom is 0.151 e. The molecule has 0 bridgehead atoms. The van der Waals surface area contributed by atoms with E-state index in [1.54, 1.807) is 19.4 Å². The lowest BCUT2D eigenvalue weighted by Gasteiger charge is -2.07. The normalized spacial score (nSPS) is 10.1. The van der Waals surface area contributed by atoms with Crippen LogP contribution in [0.25, 0.3) is 0 Å². The van der Waals surface area contributed by atoms with Crippen LogP contribution < -0.4 is 10.6 Å². The van der Waals surface area contributed by atoms with E-state index < -0.39 is 0 Å². The maximum absolute atomic E-state index is 5.92. The summed E-state index contributed by atoms with van der Waals surface area (Å²) in [4.78, 5) is 8.37. The Morgan fingerprint density at radius 3 is 2.71 bits per heavy atom. The molecule has 2 N–H and O–H groups in total. The van der Waals surface area contributed by atoms with Crippen molar-refractivity contribution in [3.05, 3.63) is 40.1 Å². The lowest BCUT2D eigenvalue weighted by Crippen LogP contribution is -1.98. The van der Waals surface area contributed by atoms with Crippen LogP contribution in [0, 0.1) is 0 Å². The van der Waals surface area contributed by atoms with Crippen molar-refractivity contribution in [2.24, 2.45) is 0 Å². The highest BCUT2D eigenvalue weighted by molar-refractivity contribution is 9.10. The van der Waals surface area contributed by atoms with Gasteiger partial charge in [0.05, 0.1) is 17.4 Å². The second kappa shape index (κ2) is 5.33. The Bertz CT molecular complexity index is 533. The third kappa shape index (κ3) is 3.08. The van der Waals surface area contributed by atoms with Crippen LogP contribution in [-0.2, 0) is 0 Å². The Morgan fingerprint density at radius 2 is 2.00 bits per heavy atom. The molecule has 0 spiro atoms. The van der Waals surface area contributed by atoms with Crippen LogP contribution in [0.2, 0.25) is 5.02 Å². The molecule has 0 amide bonds. The number of anilines is 3. The zero-order chi connectivity index (χ0) is 12.3. The van der Waals surface area contributed by atoms with Crippen molar-refractivity contribution >= 4 is 44.9 Å². The van der Waals surface area contributed by atoms with Crippen LogP contribution in [0.5, 0.6) is 0 Å². The predicted octanol–water partition coefficient (Wildman–Crippen LogP) is 3.68. The van der Waals surface area contributed by atoms with Gasteiger partial charge in [-0.05, 0) is 34.1 Å². The number of halogens is 2. The van der Waals surface area contributed by atoms with Crippen LogP contribution in [0.3, 0.4) is 0 Å². The van der Waals surface area contributed by atoms with Crippen molar-refractivity contribution in [1.29, 1.82) is 0 Å². The summed E-state index contributed by atoms with van der Waals surface area (Å²) in [5.74, 6) is 1.38. The predicted molar refractivity (Wildman–Crippen MR) is 74.0 cm³/mol. The first-order valence-corrected chi connectivity index (χ1v) is 6.08. The van der Waals surface area contributed by atoms with E-state index in [2.05, 4.69) is 36.5 Å². The summed E-state index contributed by atoms with van der Waals surface area (Å²) in [7, 11) is 1.80. The zero-order valence-corrected chi connectivity index (χ0v) is 11.4. The molecule has 0 radical (unpaired) electrons. The van der Waals surface area contributed by atoms with Gasteiger partial charge in [0, 0.05) is 17.2 Å². The molecule has 88 valence electrons. The molecule has 0 aliphatic heterocycles. The molecule has 0 aliphatic rings. The van der Waals surface area contributed by atoms with E-state index in [-0.39, 0.29) is 0 Å². The summed E-state index contributed by atoms with van der Waals surface area (Å²) in [5.41, 5.74) is 0.892. The Kier molecular flexibility index (Phi) is 3.81. The Balaban J connectivity index is 2.22. The average Bonchev–Trinajstić information content (AvgIpc) is 2.34. The lowest BCUT2D eigenvalue weighted by atomic mass is 10.3. The largest absolute Gasteiger partial charge is 0.372 e. The standard InChI is InChI=1S/C11H10BrClN4/c1-14-10-5-15-6-11(17-10)16-7-2-3-9(13)8(12)4-7/h2-6H,1H3,(H2,14,16,17). The van der Waals surface area contributed by atoms with Crippen LogP contribution >= 0.6 is 27.5 Å². The van der Waals surface area contributed by atoms with Crippen molar-refractivity contribution in [3.8, 4) is 0 Å². The molecule has 0 saturated carbocycles. The van der Waals surface area contributed by atoms with E-state index in [1.807, 2.05) is 18.2 Å². The monoisotopic (exact) mass is 312 g/mol. The molecular formula is C11H10BrClN4. The molecule has 0 aliphatic carbocycles. The minimum Gasteiger partial charge on any atom is -0.372 e. The molecule has 0 saturated heterocycles. The fraction of sp³-hybridized carbons (Fsp3) is 0.0909. The highest BCUT2D eigenvalue weighted by Crippen LogP contribution is 2.26. The Morgan fingerprint density at radius 1 is 1.24 bits per heavy atom. The summed E-state index contributed by atoms with van der Waals surface area (Å²) in [6.07, 6.45) is 3.31. The number of nitrogens with zero attached hydrogens (tertiary/aromatic N) is 2. The van der Waals surface area contributed by atoms with Crippen molar-refractivity contribution < 1.29 is 0 Å². The summed E-state index contributed by atoms with van der Waals surface area (Å²) < 4.78 is 0.835. The van der Waals surface area contributed by atoms with Gasteiger partial charge in [0.1, 0.15) is 5.82 Å². The first-order chi connectivity index (χ1) is 8.19. The van der Waals surface area contributed by atoms with E-state index >= 15 is 0 Å². The number of rotatable bonds is 3. The number of nitrogens with one attached hydrogen (secondary N) is 2. The zero-order valence-electron chi connectivity index (χ0n) is 9.04.